The van der Waals surface area contributed by atoms with Gasteiger partial charge in [0, 0.05) is 31.1 Å². The van der Waals surface area contributed by atoms with E-state index in [-0.39, 0.29) is 54.5 Å². The molecule has 0 spiro atoms. The molecule has 3 N–H and O–H groups in total. The first-order chi connectivity index (χ1) is 17.7. The number of hydrogen-bond donors (Lipinski definition) is 2. The summed E-state index contributed by atoms with van der Waals surface area (Å²) in [5.74, 6) is -3.58. The molecule has 0 aliphatic heterocycles. The maximum Gasteiger partial charge on any atom is 0.321 e. The van der Waals surface area contributed by atoms with Gasteiger partial charge in [0.2, 0.25) is 0 Å². The van der Waals surface area contributed by atoms with Gasteiger partial charge in [0.15, 0.2) is 11.5 Å². The van der Waals surface area contributed by atoms with Crippen molar-refractivity contribution >= 4 is 23.9 Å². The van der Waals surface area contributed by atoms with E-state index in [0.29, 0.717) is 5.56 Å². The van der Waals surface area contributed by atoms with Crippen LogP contribution in [0, 0.1) is 23.7 Å². The van der Waals surface area contributed by atoms with Gasteiger partial charge in [-0.15, -0.1) is 0 Å². The van der Waals surface area contributed by atoms with Gasteiger partial charge in [-0.3, -0.25) is 19.2 Å². The van der Waals surface area contributed by atoms with Gasteiger partial charge in [0.1, 0.15) is 12.1 Å². The van der Waals surface area contributed by atoms with Crippen molar-refractivity contribution in [2.24, 2.45) is 29.4 Å². The van der Waals surface area contributed by atoms with Crippen molar-refractivity contribution in [3.63, 3.8) is 0 Å². The van der Waals surface area contributed by atoms with Gasteiger partial charge in [-0.1, -0.05) is 61.0 Å². The van der Waals surface area contributed by atoms with Crippen molar-refractivity contribution in [1.82, 2.24) is 0 Å². The predicted molar refractivity (Wildman–Crippen MR) is 144 cm³/mol. The topological polar surface area (TPSA) is 142 Å². The molecule has 4 unspecified atom stereocenters. The Bertz CT molecular complexity index is 958. The minimum atomic E-state index is -1.34. The second kappa shape index (κ2) is 15.5. The fourth-order valence-corrected chi connectivity index (χ4v) is 3.97. The Balaban J connectivity index is 3.41. The number of carbonyl (C=O) groups is 4. The Labute approximate surface area is 226 Å². The van der Waals surface area contributed by atoms with Crippen LogP contribution in [-0.4, -0.2) is 41.1 Å². The molecule has 0 fully saturated rings. The van der Waals surface area contributed by atoms with E-state index in [1.165, 1.54) is 12.1 Å². The van der Waals surface area contributed by atoms with Crippen LogP contribution in [0.4, 0.5) is 0 Å². The van der Waals surface area contributed by atoms with Crippen LogP contribution in [0.15, 0.2) is 18.2 Å². The third-order valence-electron chi connectivity index (χ3n) is 6.46. The summed E-state index contributed by atoms with van der Waals surface area (Å²) in [7, 11) is 0. The fraction of sp³-hybridized carbons (Fsp3) is 0.655. The number of rotatable bonds is 15. The number of nitrogens with two attached hydrogens (primary N) is 1. The van der Waals surface area contributed by atoms with Gasteiger partial charge in [-0.05, 0) is 42.4 Å². The second-order valence-electron chi connectivity index (χ2n) is 11.0. The smallest absolute Gasteiger partial charge is 0.321 e. The maximum atomic E-state index is 12.5. The summed E-state index contributed by atoms with van der Waals surface area (Å²) in [6.07, 6.45) is 0.761. The lowest BCUT2D eigenvalue weighted by atomic mass is 9.79. The van der Waals surface area contributed by atoms with E-state index in [4.69, 9.17) is 19.9 Å². The van der Waals surface area contributed by atoms with E-state index in [1.54, 1.807) is 19.9 Å². The molecular formula is C29H45NO8. The molecule has 38 heavy (non-hydrogen) atoms. The lowest BCUT2D eigenvalue weighted by Gasteiger charge is -2.32. The highest BCUT2D eigenvalue weighted by atomic mass is 16.6. The molecule has 0 radical (unpaired) electrons. The Morgan fingerprint density at radius 3 is 1.82 bits per heavy atom. The lowest BCUT2D eigenvalue weighted by molar-refractivity contribution is -0.152. The van der Waals surface area contributed by atoms with Crippen molar-refractivity contribution in [3.05, 3.63) is 23.8 Å². The number of ether oxygens (including phenoxy) is 3. The molecule has 5 atom stereocenters. The van der Waals surface area contributed by atoms with Crippen LogP contribution >= 0.6 is 0 Å². The lowest BCUT2D eigenvalue weighted by Crippen LogP contribution is -2.42. The normalized spacial score (nSPS) is 15.3. The standard InChI is InChI=1S/C29H45NO8/c1-9-18(6)14-26(33)36-20(8)19(7)27(28(30)29(34)35)21-10-11-22(37-24(31)12-16(2)3)23(15-21)38-25(32)13-17(4)5/h10-11,15-20,27-28H,9,12-14,30H2,1-8H3,(H,34,35)/t18?,19?,20?,27?,28-/m0/s1. The van der Waals surface area contributed by atoms with Crippen molar-refractivity contribution in [2.45, 2.75) is 99.1 Å². The number of carboxylic acids is 1. The van der Waals surface area contributed by atoms with Crippen LogP contribution < -0.4 is 15.2 Å². The third-order valence-corrected chi connectivity index (χ3v) is 6.46. The molecular weight excluding hydrogens is 490 g/mol. The van der Waals surface area contributed by atoms with Crippen LogP contribution in [-0.2, 0) is 23.9 Å². The number of hydrogen-bond acceptors (Lipinski definition) is 8. The average molecular weight is 536 g/mol. The zero-order valence-corrected chi connectivity index (χ0v) is 24.0. The number of benzene rings is 1. The molecule has 0 saturated heterocycles. The zero-order valence-electron chi connectivity index (χ0n) is 24.0. The van der Waals surface area contributed by atoms with Crippen LogP contribution in [0.1, 0.15) is 92.6 Å². The van der Waals surface area contributed by atoms with Crippen LogP contribution in [0.2, 0.25) is 0 Å². The summed E-state index contributed by atoms with van der Waals surface area (Å²) in [6, 6.07) is 3.21. The van der Waals surface area contributed by atoms with E-state index >= 15 is 0 Å². The molecule has 0 amide bonds. The second-order valence-corrected chi connectivity index (χ2v) is 11.0. The first kappa shape index (κ1) is 33.1. The van der Waals surface area contributed by atoms with Gasteiger partial charge in [-0.2, -0.15) is 0 Å². The molecule has 214 valence electrons. The summed E-state index contributed by atoms with van der Waals surface area (Å²) in [5, 5.41) is 9.76. The van der Waals surface area contributed by atoms with Gasteiger partial charge in [-0.25, -0.2) is 0 Å². The zero-order chi connectivity index (χ0) is 29.2. The Kier molecular flexibility index (Phi) is 13.5. The highest BCUT2D eigenvalue weighted by Crippen LogP contribution is 2.37. The largest absolute Gasteiger partial charge is 0.480 e. The number of aliphatic carboxylic acids is 1. The molecule has 9 nitrogen and oxygen atoms in total. The van der Waals surface area contributed by atoms with Gasteiger partial charge < -0.3 is 25.1 Å². The van der Waals surface area contributed by atoms with Crippen LogP contribution in [0.5, 0.6) is 11.5 Å². The highest BCUT2D eigenvalue weighted by Gasteiger charge is 2.36. The van der Waals surface area contributed by atoms with Crippen molar-refractivity contribution < 1.29 is 38.5 Å². The molecule has 0 saturated carbocycles. The van der Waals surface area contributed by atoms with Crippen molar-refractivity contribution in [1.29, 1.82) is 0 Å². The molecule has 9 heteroatoms. The number of carbonyl (C=O) groups excluding carboxylic acids is 3. The average Bonchev–Trinajstić information content (AvgIpc) is 2.79. The van der Waals surface area contributed by atoms with Crippen molar-refractivity contribution in [3.8, 4) is 11.5 Å². The summed E-state index contributed by atoms with van der Waals surface area (Å²) >= 11 is 0. The Morgan fingerprint density at radius 1 is 0.816 bits per heavy atom. The van der Waals surface area contributed by atoms with Gasteiger partial charge in [0.25, 0.3) is 0 Å². The summed E-state index contributed by atoms with van der Waals surface area (Å²) in [4.78, 5) is 49.2. The first-order valence-corrected chi connectivity index (χ1v) is 13.4. The van der Waals surface area contributed by atoms with Crippen molar-refractivity contribution in [2.75, 3.05) is 0 Å². The predicted octanol–water partition coefficient (Wildman–Crippen LogP) is 5.09. The molecule has 0 heterocycles. The van der Waals surface area contributed by atoms with E-state index in [2.05, 4.69) is 0 Å². The number of esters is 3. The van der Waals surface area contributed by atoms with E-state index in [9.17, 15) is 24.3 Å². The summed E-state index contributed by atoms with van der Waals surface area (Å²) in [6.45, 7) is 14.9. The SMILES string of the molecule is CCC(C)CC(=O)OC(C)C(C)C(c1ccc(OC(=O)CC(C)C)c(OC(=O)CC(C)C)c1)[C@H](N)C(=O)O. The highest BCUT2D eigenvalue weighted by molar-refractivity contribution is 5.77. The van der Waals surface area contributed by atoms with Gasteiger partial charge in [0.05, 0.1) is 0 Å². The molecule has 1 aromatic carbocycles. The molecule has 0 bridgehead atoms. The van der Waals surface area contributed by atoms with E-state index in [0.717, 1.165) is 6.42 Å². The molecule has 1 rings (SSSR count). The van der Waals surface area contributed by atoms with E-state index in [1.807, 2.05) is 41.5 Å². The molecule has 0 aliphatic carbocycles. The molecule has 0 aromatic heterocycles. The van der Waals surface area contributed by atoms with Crippen LogP contribution in [0.3, 0.4) is 0 Å². The van der Waals surface area contributed by atoms with E-state index < -0.39 is 41.9 Å². The molecule has 0 aliphatic rings. The summed E-state index contributed by atoms with van der Waals surface area (Å²) < 4.78 is 16.7. The quantitative estimate of drug-likeness (QED) is 0.232. The minimum Gasteiger partial charge on any atom is -0.480 e. The van der Waals surface area contributed by atoms with Crippen LogP contribution in [0.25, 0.3) is 0 Å². The Morgan fingerprint density at radius 2 is 1.34 bits per heavy atom. The Hall–Kier alpha value is -2.94. The molecule has 1 aromatic rings. The maximum absolute atomic E-state index is 12.5. The van der Waals surface area contributed by atoms with Gasteiger partial charge >= 0.3 is 23.9 Å². The minimum absolute atomic E-state index is 0.00135. The fourth-order valence-electron chi connectivity index (χ4n) is 3.97. The first-order valence-electron chi connectivity index (χ1n) is 13.4. The monoisotopic (exact) mass is 535 g/mol. The number of carboxylic acid groups (broad SMARTS) is 1. The summed E-state index contributed by atoms with van der Waals surface area (Å²) in [5.41, 5.74) is 6.57. The third kappa shape index (κ3) is 10.8.